The Kier molecular flexibility index (Phi) is 9.97. The van der Waals surface area contributed by atoms with Crippen molar-refractivity contribution in [1.29, 1.82) is 0 Å². The SMILES string of the molecule is c1ccc(-c2oc3cc(N(c4cccc(-c5c(-c6ccccc6)sc6ccccc56)c4)c4ccc5c(c4)C4(c6ccccc6-5)c5ccccc5N(c5ccccc5)c5ccccc54)ccc3c2-c2ccccc2)cc1. The average molecular weight is 975 g/mol. The van der Waals surface area contributed by atoms with E-state index in [1.54, 1.807) is 0 Å². The highest BCUT2D eigenvalue weighted by Crippen LogP contribution is 2.64. The zero-order valence-corrected chi connectivity index (χ0v) is 41.6. The molecular weight excluding hydrogens is 929 g/mol. The van der Waals surface area contributed by atoms with Crippen LogP contribution in [0.3, 0.4) is 0 Å². The summed E-state index contributed by atoms with van der Waals surface area (Å²) < 4.78 is 8.37. The van der Waals surface area contributed by atoms with Gasteiger partial charge in [0.15, 0.2) is 0 Å². The summed E-state index contributed by atoms with van der Waals surface area (Å²) in [6.07, 6.45) is 0. The maximum atomic E-state index is 7.10. The van der Waals surface area contributed by atoms with Crippen molar-refractivity contribution in [2.24, 2.45) is 0 Å². The van der Waals surface area contributed by atoms with Gasteiger partial charge in [0.25, 0.3) is 0 Å². The molecule has 0 bridgehead atoms. The standard InChI is InChI=1S/C71H46N2OS/c1-5-22-47(23-6-1)67-57-43-41-54(46-65(57)74-69(67)48-24-7-2-8-25-48)72(52-31-21-28-50(44-52)68-58-33-14-20-39-66(58)75-70(68)49-26-9-3-10-27-49)53-40-42-56-55-32-13-15-34-59(55)71(62(56)45-53)60-35-16-18-37-63(60)73(51-29-11-4-12-30-51)64-38-19-17-36-61(64)71/h1-46H. The number of fused-ring (bicyclic) bond motifs is 11. The summed E-state index contributed by atoms with van der Waals surface area (Å²) in [4.78, 5) is 6.15. The van der Waals surface area contributed by atoms with Gasteiger partial charge in [0.2, 0.25) is 0 Å². The number of rotatable bonds is 8. The Bertz CT molecular complexity index is 4260. The molecule has 1 aliphatic heterocycles. The van der Waals surface area contributed by atoms with Gasteiger partial charge >= 0.3 is 0 Å². The lowest BCUT2D eigenvalue weighted by molar-refractivity contribution is 0.632. The molecule has 75 heavy (non-hydrogen) atoms. The Morgan fingerprint density at radius 3 is 1.64 bits per heavy atom. The van der Waals surface area contributed by atoms with E-state index in [0.717, 1.165) is 61.7 Å². The highest BCUT2D eigenvalue weighted by Gasteiger charge is 2.52. The average Bonchev–Trinajstić information content (AvgIpc) is 4.17. The Morgan fingerprint density at radius 1 is 0.360 bits per heavy atom. The van der Waals surface area contributed by atoms with Crippen LogP contribution in [0.4, 0.5) is 34.1 Å². The van der Waals surface area contributed by atoms with Gasteiger partial charge in [-0.25, -0.2) is 0 Å². The zero-order chi connectivity index (χ0) is 49.5. The van der Waals surface area contributed by atoms with Crippen LogP contribution >= 0.6 is 11.3 Å². The molecule has 3 nitrogen and oxygen atoms in total. The molecule has 1 spiro atoms. The van der Waals surface area contributed by atoms with Crippen LogP contribution in [0.2, 0.25) is 0 Å². The number of para-hydroxylation sites is 3. The number of benzene rings is 11. The highest BCUT2D eigenvalue weighted by atomic mass is 32.1. The molecule has 0 saturated carbocycles. The molecule has 0 saturated heterocycles. The molecule has 2 aromatic heterocycles. The third kappa shape index (κ3) is 6.67. The topological polar surface area (TPSA) is 19.6 Å². The van der Waals surface area contributed by atoms with Gasteiger partial charge in [0.1, 0.15) is 11.3 Å². The first-order chi connectivity index (χ1) is 37.2. The summed E-state index contributed by atoms with van der Waals surface area (Å²) in [7, 11) is 0. The molecule has 0 radical (unpaired) electrons. The molecule has 0 fully saturated rings. The minimum atomic E-state index is -0.631. The molecular formula is C71H46N2OS. The number of thiophene rings is 1. The second-order valence-corrected chi connectivity index (χ2v) is 20.6. The highest BCUT2D eigenvalue weighted by molar-refractivity contribution is 7.23. The van der Waals surface area contributed by atoms with Crippen molar-refractivity contribution in [2.75, 3.05) is 9.80 Å². The summed E-state index contributed by atoms with van der Waals surface area (Å²) in [5.41, 5.74) is 21.1. The van der Waals surface area contributed by atoms with Gasteiger partial charge in [-0.3, -0.25) is 0 Å². The van der Waals surface area contributed by atoms with Gasteiger partial charge in [-0.1, -0.05) is 206 Å². The lowest BCUT2D eigenvalue weighted by Crippen LogP contribution is -2.36. The molecule has 4 heteroatoms. The van der Waals surface area contributed by atoms with Crippen molar-refractivity contribution < 1.29 is 4.42 Å². The van der Waals surface area contributed by atoms with Crippen LogP contribution in [0.25, 0.3) is 76.2 Å². The Morgan fingerprint density at radius 2 is 0.907 bits per heavy atom. The fourth-order valence-electron chi connectivity index (χ4n) is 12.4. The van der Waals surface area contributed by atoms with Crippen LogP contribution in [-0.2, 0) is 5.41 Å². The fraction of sp³-hybridized carbons (Fsp3) is 0.0141. The van der Waals surface area contributed by atoms with Gasteiger partial charge in [-0.2, -0.15) is 0 Å². The molecule has 352 valence electrons. The number of anilines is 6. The molecule has 1 aliphatic carbocycles. The van der Waals surface area contributed by atoms with Gasteiger partial charge in [-0.15, -0.1) is 11.3 Å². The van der Waals surface area contributed by atoms with Crippen LogP contribution in [0.5, 0.6) is 0 Å². The van der Waals surface area contributed by atoms with E-state index < -0.39 is 5.41 Å². The number of hydrogen-bond donors (Lipinski definition) is 0. The number of nitrogens with zero attached hydrogens (tertiary/aromatic N) is 2. The molecule has 11 aromatic carbocycles. The van der Waals surface area contributed by atoms with Crippen molar-refractivity contribution in [1.82, 2.24) is 0 Å². The van der Waals surface area contributed by atoms with Gasteiger partial charge in [-0.05, 0) is 117 Å². The third-order valence-corrected chi connectivity index (χ3v) is 16.7. The summed E-state index contributed by atoms with van der Waals surface area (Å²) in [6, 6.07) is 102. The first-order valence-electron chi connectivity index (χ1n) is 25.7. The lowest BCUT2D eigenvalue weighted by atomic mass is 9.64. The first kappa shape index (κ1) is 43.1. The minimum absolute atomic E-state index is 0.631. The quantitative estimate of drug-likeness (QED) is 0.151. The summed E-state index contributed by atoms with van der Waals surface area (Å²) in [6.45, 7) is 0. The maximum absolute atomic E-state index is 7.10. The smallest absolute Gasteiger partial charge is 0.143 e. The van der Waals surface area contributed by atoms with Crippen LogP contribution in [0, 0.1) is 0 Å². The zero-order valence-electron chi connectivity index (χ0n) is 40.8. The first-order valence-corrected chi connectivity index (χ1v) is 26.5. The van der Waals surface area contributed by atoms with Crippen molar-refractivity contribution >= 4 is 66.5 Å². The van der Waals surface area contributed by atoms with Gasteiger partial charge in [0.05, 0.1) is 16.8 Å². The predicted octanol–water partition coefficient (Wildman–Crippen LogP) is 19.9. The van der Waals surface area contributed by atoms with Crippen molar-refractivity contribution in [3.63, 3.8) is 0 Å². The number of furan rings is 1. The maximum Gasteiger partial charge on any atom is 0.143 e. The van der Waals surface area contributed by atoms with Crippen LogP contribution in [0.1, 0.15) is 22.3 Å². The second-order valence-electron chi connectivity index (χ2n) is 19.5. The van der Waals surface area contributed by atoms with Crippen LogP contribution in [0.15, 0.2) is 283 Å². The molecule has 0 amide bonds. The van der Waals surface area contributed by atoms with Gasteiger partial charge < -0.3 is 14.2 Å². The van der Waals surface area contributed by atoms with E-state index in [0.29, 0.717) is 0 Å². The van der Waals surface area contributed by atoms with E-state index in [1.807, 2.05) is 11.3 Å². The van der Waals surface area contributed by atoms with Crippen molar-refractivity contribution in [3.05, 3.63) is 301 Å². The third-order valence-electron chi connectivity index (χ3n) is 15.5. The van der Waals surface area contributed by atoms with E-state index in [2.05, 4.69) is 289 Å². The molecule has 0 N–H and O–H groups in total. The molecule has 15 rings (SSSR count). The van der Waals surface area contributed by atoms with E-state index in [9.17, 15) is 0 Å². The van der Waals surface area contributed by atoms with Crippen LogP contribution in [-0.4, -0.2) is 0 Å². The molecule has 0 atom stereocenters. The predicted molar refractivity (Wildman–Crippen MR) is 314 cm³/mol. The summed E-state index contributed by atoms with van der Waals surface area (Å²) in [5, 5.41) is 2.32. The fourth-order valence-corrected chi connectivity index (χ4v) is 13.6. The molecule has 0 unspecified atom stereocenters. The largest absolute Gasteiger partial charge is 0.455 e. The second kappa shape index (κ2) is 17.3. The Balaban J connectivity index is 0.990. The Hall–Kier alpha value is -9.48. The van der Waals surface area contributed by atoms with Gasteiger partial charge in [0, 0.05) is 65.9 Å². The minimum Gasteiger partial charge on any atom is -0.455 e. The monoisotopic (exact) mass is 974 g/mol. The van der Waals surface area contributed by atoms with Crippen molar-refractivity contribution in [2.45, 2.75) is 5.41 Å². The van der Waals surface area contributed by atoms with E-state index in [1.165, 1.54) is 70.8 Å². The van der Waals surface area contributed by atoms with E-state index >= 15 is 0 Å². The number of hydrogen-bond acceptors (Lipinski definition) is 4. The van der Waals surface area contributed by atoms with E-state index in [-0.39, 0.29) is 0 Å². The molecule has 2 aliphatic rings. The summed E-state index contributed by atoms with van der Waals surface area (Å²) >= 11 is 1.86. The lowest BCUT2D eigenvalue weighted by Gasteiger charge is -2.45. The molecule has 13 aromatic rings. The van der Waals surface area contributed by atoms with E-state index in [4.69, 9.17) is 4.42 Å². The molecule has 3 heterocycles. The normalized spacial score (nSPS) is 12.9. The Labute approximate surface area is 440 Å². The van der Waals surface area contributed by atoms with Crippen LogP contribution < -0.4 is 9.80 Å². The van der Waals surface area contributed by atoms with Crippen molar-refractivity contribution in [3.8, 4) is 55.1 Å². The summed E-state index contributed by atoms with van der Waals surface area (Å²) in [5.74, 6) is 0.858.